The van der Waals surface area contributed by atoms with Gasteiger partial charge in [-0.3, -0.25) is 9.59 Å². The molecule has 1 aromatic heterocycles. The van der Waals surface area contributed by atoms with E-state index < -0.39 is 31.2 Å². The number of nitrogens with zero attached hydrogens (tertiary/aromatic N) is 4. The van der Waals surface area contributed by atoms with Crippen LogP contribution < -0.4 is 0 Å². The van der Waals surface area contributed by atoms with E-state index in [2.05, 4.69) is 6.07 Å². The third-order valence-corrected chi connectivity index (χ3v) is 13.0. The van der Waals surface area contributed by atoms with Gasteiger partial charge in [-0.1, -0.05) is 58.0 Å². The summed E-state index contributed by atoms with van der Waals surface area (Å²) in [5.41, 5.74) is -0.138. The number of hydrogen-bond acceptors (Lipinski definition) is 7. The summed E-state index contributed by atoms with van der Waals surface area (Å²) < 4.78 is 28.6. The maximum atomic E-state index is 14.0. The molecule has 4 aliphatic heterocycles. The van der Waals surface area contributed by atoms with Crippen molar-refractivity contribution < 1.29 is 18.0 Å². The van der Waals surface area contributed by atoms with Gasteiger partial charge in [0, 0.05) is 30.6 Å². The van der Waals surface area contributed by atoms with Crippen LogP contribution in [-0.4, -0.2) is 50.8 Å². The van der Waals surface area contributed by atoms with Crippen LogP contribution in [0.1, 0.15) is 31.9 Å². The van der Waals surface area contributed by atoms with Crippen LogP contribution in [-0.2, 0) is 19.6 Å². The maximum Gasteiger partial charge on any atom is 0.268 e. The summed E-state index contributed by atoms with van der Waals surface area (Å²) in [6.45, 7) is 3.47. The zero-order valence-corrected chi connectivity index (χ0v) is 22.2. The van der Waals surface area contributed by atoms with Gasteiger partial charge >= 0.3 is 0 Å². The van der Waals surface area contributed by atoms with Gasteiger partial charge in [0.1, 0.15) is 0 Å². The van der Waals surface area contributed by atoms with Crippen LogP contribution in [0.3, 0.4) is 0 Å². The van der Waals surface area contributed by atoms with Gasteiger partial charge in [-0.15, -0.1) is 0 Å². The third-order valence-electron chi connectivity index (χ3n) is 7.65. The van der Waals surface area contributed by atoms with Gasteiger partial charge in [-0.25, -0.2) is 12.4 Å². The monoisotopic (exact) mass is 538 g/mol. The lowest BCUT2D eigenvalue weighted by atomic mass is 9.79. The topological polar surface area (TPSA) is 103 Å². The lowest BCUT2D eigenvalue weighted by Crippen LogP contribution is -2.73. The number of amides is 2. The fourth-order valence-electron chi connectivity index (χ4n) is 5.68. The van der Waals surface area contributed by atoms with Gasteiger partial charge in [0.05, 0.1) is 27.9 Å². The highest BCUT2D eigenvalue weighted by Crippen LogP contribution is 2.69. The molecule has 8 nitrogen and oxygen atoms in total. The summed E-state index contributed by atoms with van der Waals surface area (Å²) in [4.78, 5) is 28.4. The first-order valence-electron chi connectivity index (χ1n) is 11.3. The van der Waals surface area contributed by atoms with Gasteiger partial charge in [0.25, 0.3) is 21.8 Å². The van der Waals surface area contributed by atoms with Crippen molar-refractivity contribution >= 4 is 54.3 Å². The summed E-state index contributed by atoms with van der Waals surface area (Å²) in [6.07, 6.45) is 1.67. The first-order chi connectivity index (χ1) is 17.0. The molecule has 0 N–H and O–H groups in total. The Morgan fingerprint density at radius 3 is 2.36 bits per heavy atom. The normalized spacial score (nSPS) is 31.7. The molecular formula is C25H22N4O4S3. The van der Waals surface area contributed by atoms with Crippen molar-refractivity contribution in [3.05, 3.63) is 66.4 Å². The number of nitriles is 1. The number of carbonyl (C=O) groups is 2. The number of hydrogen-bond donors (Lipinski definition) is 0. The van der Waals surface area contributed by atoms with Crippen molar-refractivity contribution in [2.45, 2.75) is 40.9 Å². The Morgan fingerprint density at radius 2 is 1.67 bits per heavy atom. The number of fused-ring (bicyclic) bond motifs is 3. The number of carbonyl (C=O) groups excluding carboxylic acids is 2. The number of aromatic nitrogens is 1. The molecule has 1 unspecified atom stereocenters. The first-order valence-corrected chi connectivity index (χ1v) is 14.9. The number of likely N-dealkylation sites (N-methyl/N-ethyl adjacent to an activating group) is 1. The molecule has 4 aliphatic rings. The van der Waals surface area contributed by atoms with E-state index in [-0.39, 0.29) is 23.1 Å². The highest BCUT2D eigenvalue weighted by atomic mass is 33.1. The van der Waals surface area contributed by atoms with E-state index in [0.29, 0.717) is 16.5 Å². The Hall–Kier alpha value is -2.94. The van der Waals surface area contributed by atoms with E-state index in [0.717, 1.165) is 0 Å². The SMILES string of the molecule is CN1C(=O)C23C[C@](C)(C#N)[C@H](c4cn(S(=O)(=O)c5ccccc5)c5ccccc45)N2C(=O)[C@@]1(C)SS3. The molecule has 0 aliphatic carbocycles. The summed E-state index contributed by atoms with van der Waals surface area (Å²) >= 11 is 0. The third kappa shape index (κ3) is 2.69. The standard InChI is InChI=1S/C25H22N4O4S3/c1-23(15-26)14-25-22(31)27(3)24(2,34-35-25)21(30)29(25)20(23)18-13-28(19-12-8-7-11-17(18)19)36(32,33)16-9-5-4-6-10-16/h4-13,20H,14H2,1-3H3/t20-,23+,24+,25?/m0/s1. The average Bonchev–Trinajstić information content (AvgIpc) is 3.39. The van der Waals surface area contributed by atoms with E-state index in [1.165, 1.54) is 48.8 Å². The number of para-hydroxylation sites is 1. The Labute approximate surface area is 216 Å². The van der Waals surface area contributed by atoms with E-state index >= 15 is 0 Å². The first kappa shape index (κ1) is 23.5. The van der Waals surface area contributed by atoms with Gasteiger partial charge in [-0.05, 0) is 32.0 Å². The highest BCUT2D eigenvalue weighted by molar-refractivity contribution is 8.78. The van der Waals surface area contributed by atoms with Gasteiger partial charge in [-0.2, -0.15) is 5.26 Å². The quantitative estimate of drug-likeness (QED) is 0.465. The van der Waals surface area contributed by atoms with E-state index in [1.54, 1.807) is 68.3 Å². The molecule has 7 rings (SSSR count). The van der Waals surface area contributed by atoms with E-state index in [1.807, 2.05) is 0 Å². The fourth-order valence-corrected chi connectivity index (χ4v) is 10.7. The molecule has 11 heteroatoms. The molecule has 184 valence electrons. The van der Waals surface area contributed by atoms with Gasteiger partial charge < -0.3 is 9.80 Å². The molecular weight excluding hydrogens is 517 g/mol. The largest absolute Gasteiger partial charge is 0.319 e. The van der Waals surface area contributed by atoms with Crippen molar-refractivity contribution in [3.63, 3.8) is 0 Å². The minimum absolute atomic E-state index is 0.132. The van der Waals surface area contributed by atoms with Crippen LogP contribution in [0.5, 0.6) is 0 Å². The lowest BCUT2D eigenvalue weighted by Gasteiger charge is -2.57. The minimum atomic E-state index is -3.96. The lowest BCUT2D eigenvalue weighted by molar-refractivity contribution is -0.164. The van der Waals surface area contributed by atoms with E-state index in [9.17, 15) is 23.3 Å². The summed E-state index contributed by atoms with van der Waals surface area (Å²) in [5, 5.41) is 11.0. The number of piperazine rings is 1. The van der Waals surface area contributed by atoms with Gasteiger partial charge in [0.15, 0.2) is 9.74 Å². The summed E-state index contributed by atoms with van der Waals surface area (Å²) in [6, 6.07) is 16.8. The van der Waals surface area contributed by atoms with Crippen molar-refractivity contribution in [1.82, 2.24) is 13.8 Å². The molecule has 2 amide bonds. The number of benzene rings is 2. The second-order valence-corrected chi connectivity index (χ2v) is 14.4. The zero-order chi connectivity index (χ0) is 25.7. The molecule has 2 aromatic carbocycles. The smallest absolute Gasteiger partial charge is 0.268 e. The van der Waals surface area contributed by atoms with Crippen LogP contribution in [0.2, 0.25) is 0 Å². The molecule has 3 aromatic rings. The molecule has 1 spiro atoms. The van der Waals surface area contributed by atoms with Crippen LogP contribution >= 0.6 is 21.6 Å². The van der Waals surface area contributed by atoms with Crippen molar-refractivity contribution in [1.29, 1.82) is 5.26 Å². The average molecular weight is 539 g/mol. The Morgan fingerprint density at radius 1 is 1.00 bits per heavy atom. The van der Waals surface area contributed by atoms with Crippen molar-refractivity contribution in [3.8, 4) is 6.07 Å². The van der Waals surface area contributed by atoms with Crippen LogP contribution in [0.4, 0.5) is 0 Å². The molecule has 36 heavy (non-hydrogen) atoms. The molecule has 4 saturated heterocycles. The predicted octanol–water partition coefficient (Wildman–Crippen LogP) is 3.96. The van der Waals surface area contributed by atoms with Crippen LogP contribution in [0.25, 0.3) is 10.9 Å². The molecule has 4 fully saturated rings. The minimum Gasteiger partial charge on any atom is -0.319 e. The fraction of sp³-hybridized carbons (Fsp3) is 0.320. The Balaban J connectivity index is 1.62. The summed E-state index contributed by atoms with van der Waals surface area (Å²) in [5.74, 6) is -0.460. The second kappa shape index (κ2) is 7.31. The van der Waals surface area contributed by atoms with E-state index in [4.69, 9.17) is 0 Å². The molecule has 5 heterocycles. The van der Waals surface area contributed by atoms with Gasteiger partial charge in [0.2, 0.25) is 0 Å². The second-order valence-electron chi connectivity index (χ2n) is 9.80. The zero-order valence-electron chi connectivity index (χ0n) is 19.7. The number of rotatable bonds is 3. The predicted molar refractivity (Wildman–Crippen MR) is 138 cm³/mol. The van der Waals surface area contributed by atoms with Crippen molar-refractivity contribution in [2.24, 2.45) is 5.41 Å². The maximum absolute atomic E-state index is 14.0. The Bertz CT molecular complexity index is 1610. The molecule has 0 radical (unpaired) electrons. The highest BCUT2D eigenvalue weighted by Gasteiger charge is 2.75. The van der Waals surface area contributed by atoms with Crippen LogP contribution in [0, 0.1) is 16.7 Å². The summed E-state index contributed by atoms with van der Waals surface area (Å²) in [7, 11) is 0.339. The van der Waals surface area contributed by atoms with Crippen LogP contribution in [0.15, 0.2) is 65.7 Å². The molecule has 0 saturated carbocycles. The van der Waals surface area contributed by atoms with Crippen molar-refractivity contribution in [2.75, 3.05) is 7.05 Å². The molecule has 4 atom stereocenters. The Kier molecular flexibility index (Phi) is 4.76. The molecule has 2 bridgehead atoms.